The van der Waals surface area contributed by atoms with E-state index in [-0.39, 0.29) is 65.0 Å². The molecule has 1 unspecified atom stereocenters. The Kier molecular flexibility index (Phi) is 17.6. The predicted octanol–water partition coefficient (Wildman–Crippen LogP) is 8.08. The van der Waals surface area contributed by atoms with Crippen LogP contribution in [-0.4, -0.2) is 116 Å². The Morgan fingerprint density at radius 1 is 0.753 bits per heavy atom. The van der Waals surface area contributed by atoms with Crippen LogP contribution in [-0.2, 0) is 43.6 Å². The summed E-state index contributed by atoms with van der Waals surface area (Å²) >= 11 is 12.8. The molecule has 406 valence electrons. The number of ether oxygens (including phenoxy) is 3. The summed E-state index contributed by atoms with van der Waals surface area (Å²) in [5, 5.41) is 15.1. The van der Waals surface area contributed by atoms with Crippen molar-refractivity contribution in [2.45, 2.75) is 112 Å². The zero-order valence-electron chi connectivity index (χ0n) is 42.5. The lowest BCUT2D eigenvalue weighted by Crippen LogP contribution is -2.60. The van der Waals surface area contributed by atoms with Crippen molar-refractivity contribution in [2.24, 2.45) is 0 Å². The van der Waals surface area contributed by atoms with Crippen molar-refractivity contribution >= 4 is 87.3 Å². The average molecular weight is 1100 g/mol. The first kappa shape index (κ1) is 55.3. The molecule has 20 heteroatoms. The molecular weight excluding hydrogens is 1030 g/mol. The number of amides is 6. The second kappa shape index (κ2) is 24.5. The van der Waals surface area contributed by atoms with E-state index < -0.39 is 64.3 Å². The topological polar surface area (TPSA) is 228 Å². The molecule has 4 aliphatic heterocycles. The summed E-state index contributed by atoms with van der Waals surface area (Å²) in [4.78, 5) is 106. The van der Waals surface area contributed by atoms with Crippen LogP contribution in [0.25, 0.3) is 0 Å². The molecule has 9 rings (SSSR count). The maximum atomic E-state index is 16.3. The monoisotopic (exact) mass is 1090 g/mol. The summed E-state index contributed by atoms with van der Waals surface area (Å²) in [6.07, 6.45) is 6.98. The van der Waals surface area contributed by atoms with Gasteiger partial charge in [0.2, 0.25) is 23.6 Å². The van der Waals surface area contributed by atoms with Crippen LogP contribution in [0.15, 0.2) is 78.9 Å². The number of hydrogen-bond acceptors (Lipinski definition) is 13. The van der Waals surface area contributed by atoms with E-state index in [9.17, 15) is 38.4 Å². The standard InChI is InChI=1S/C57H61Cl2FN6O11/c58-35-18-21-40-43(32-35)63-55(74)57(40)48(39-12-8-13-41(59)49(39)60)50(65-56(57)24-4-1-5-25-56)52(71)62-36-19-16-34(17-20-36)45(68)15-3-7-27-76-29-31-77-30-28-75-26-6-2-10-37(67)33-61-42-14-9-11-38-47(42)54(73)66(53(38)72)44-22-23-46(69)64-51(44)70/h8-9,11-14,16-21,32,44,48,50,61,65H,1-7,10,15,22-31,33H2,(H,62,71)(H,63,74)(H,64,69,70)/t44?,48-,50+,57+/m0/s1. The van der Waals surface area contributed by atoms with Crippen molar-refractivity contribution in [1.29, 1.82) is 0 Å². The SMILES string of the molecule is O=C(CCCCOCCOCCOCCCCC(=O)c1ccc(NC(=O)[C@@H]2NC3(CCCCC3)[C@@]3(C(=O)Nc4cc(Cl)ccc43)[C@H]2c2cccc(Cl)c2F)cc1)CNc1cccc2c1C(=O)N(C1CCC(=O)NC1=O)C2=O. The molecule has 0 radical (unpaired) electrons. The van der Waals surface area contributed by atoms with E-state index in [4.69, 9.17) is 37.4 Å². The van der Waals surface area contributed by atoms with Gasteiger partial charge < -0.3 is 30.2 Å². The lowest BCUT2D eigenvalue weighted by atomic mass is 9.55. The number of piperidine rings is 1. The Balaban J connectivity index is 0.646. The van der Waals surface area contributed by atoms with Gasteiger partial charge in [-0.2, -0.15) is 0 Å². The number of nitrogens with one attached hydrogen (secondary N) is 5. The molecule has 0 bridgehead atoms. The van der Waals surface area contributed by atoms with E-state index in [0.29, 0.717) is 118 Å². The summed E-state index contributed by atoms with van der Waals surface area (Å²) in [6.45, 7) is 2.37. The van der Waals surface area contributed by atoms with Gasteiger partial charge in [0.25, 0.3) is 11.8 Å². The number of rotatable bonds is 24. The number of halogens is 3. The largest absolute Gasteiger partial charge is 0.379 e. The van der Waals surface area contributed by atoms with Crippen LogP contribution < -0.4 is 26.6 Å². The minimum atomic E-state index is -1.36. The highest BCUT2D eigenvalue weighted by molar-refractivity contribution is 6.31. The van der Waals surface area contributed by atoms with Crippen molar-refractivity contribution in [3.63, 3.8) is 0 Å². The number of anilines is 3. The molecule has 5 N–H and O–H groups in total. The Bertz CT molecular complexity index is 2950. The van der Waals surface area contributed by atoms with Crippen LogP contribution in [0.3, 0.4) is 0 Å². The molecule has 1 saturated carbocycles. The predicted molar refractivity (Wildman–Crippen MR) is 285 cm³/mol. The van der Waals surface area contributed by atoms with Crippen LogP contribution in [0, 0.1) is 5.82 Å². The second-order valence-electron chi connectivity index (χ2n) is 20.1. The maximum Gasteiger partial charge on any atom is 0.264 e. The van der Waals surface area contributed by atoms with Gasteiger partial charge >= 0.3 is 0 Å². The molecule has 4 aromatic rings. The van der Waals surface area contributed by atoms with Crippen molar-refractivity contribution in [1.82, 2.24) is 15.5 Å². The number of benzene rings is 4. The molecule has 5 aliphatic rings. The van der Waals surface area contributed by atoms with Gasteiger partial charge in [-0.15, -0.1) is 0 Å². The number of fused-ring (bicyclic) bond motifs is 4. The molecule has 1 aliphatic carbocycles. The highest BCUT2D eigenvalue weighted by Crippen LogP contribution is 2.63. The molecule has 2 spiro atoms. The molecule has 4 heterocycles. The number of ketones is 2. The van der Waals surface area contributed by atoms with E-state index >= 15 is 4.39 Å². The highest BCUT2D eigenvalue weighted by Gasteiger charge is 2.72. The summed E-state index contributed by atoms with van der Waals surface area (Å²) in [5.41, 5.74) is 0.624. The Morgan fingerprint density at radius 3 is 2.16 bits per heavy atom. The van der Waals surface area contributed by atoms with E-state index in [1.807, 2.05) is 6.07 Å². The van der Waals surface area contributed by atoms with Crippen molar-refractivity contribution in [3.8, 4) is 0 Å². The molecule has 77 heavy (non-hydrogen) atoms. The molecule has 0 aromatic heterocycles. The lowest BCUT2D eigenvalue weighted by molar-refractivity contribution is -0.136. The normalized spacial score (nSPS) is 21.3. The fourth-order valence-corrected chi connectivity index (χ4v) is 12.2. The third-order valence-corrected chi connectivity index (χ3v) is 15.9. The number of imide groups is 2. The molecule has 17 nitrogen and oxygen atoms in total. The first-order valence-corrected chi connectivity index (χ1v) is 27.1. The van der Waals surface area contributed by atoms with E-state index in [2.05, 4.69) is 26.6 Å². The van der Waals surface area contributed by atoms with E-state index in [0.717, 1.165) is 24.2 Å². The third-order valence-electron chi connectivity index (χ3n) is 15.4. The Morgan fingerprint density at radius 2 is 1.44 bits per heavy atom. The van der Waals surface area contributed by atoms with Crippen molar-refractivity contribution in [2.75, 3.05) is 62.1 Å². The Labute approximate surface area is 455 Å². The average Bonchev–Trinajstić information content (AvgIpc) is 4.17. The van der Waals surface area contributed by atoms with Crippen LogP contribution in [0.1, 0.15) is 132 Å². The molecule has 6 amide bonds. The van der Waals surface area contributed by atoms with Gasteiger partial charge in [0.15, 0.2) is 11.6 Å². The minimum absolute atomic E-state index is 0.0202. The number of unbranched alkanes of at least 4 members (excludes halogenated alkanes) is 2. The zero-order chi connectivity index (χ0) is 54.3. The number of hydrogen-bond donors (Lipinski definition) is 5. The Hall–Kier alpha value is -6.41. The first-order chi connectivity index (χ1) is 37.2. The molecular formula is C57H61Cl2FN6O11. The molecule has 2 saturated heterocycles. The first-order valence-electron chi connectivity index (χ1n) is 26.3. The second-order valence-corrected chi connectivity index (χ2v) is 21.0. The third kappa shape index (κ3) is 11.5. The van der Waals surface area contributed by atoms with E-state index in [1.165, 1.54) is 12.1 Å². The van der Waals surface area contributed by atoms with Gasteiger partial charge in [0.05, 0.1) is 55.2 Å². The zero-order valence-corrected chi connectivity index (χ0v) is 44.0. The van der Waals surface area contributed by atoms with E-state index in [1.54, 1.807) is 60.7 Å². The minimum Gasteiger partial charge on any atom is -0.379 e. The fourth-order valence-electron chi connectivity index (χ4n) is 11.8. The number of Topliss-reactive ketones (excluding diaryl/α,β-unsaturated/α-hetero) is 2. The summed E-state index contributed by atoms with van der Waals surface area (Å²) in [6, 6.07) is 19.1. The maximum absolute atomic E-state index is 16.3. The van der Waals surface area contributed by atoms with Crippen LogP contribution in [0.2, 0.25) is 10.0 Å². The number of nitrogens with zero attached hydrogens (tertiary/aromatic N) is 1. The summed E-state index contributed by atoms with van der Waals surface area (Å²) in [7, 11) is 0. The highest BCUT2D eigenvalue weighted by atomic mass is 35.5. The smallest absolute Gasteiger partial charge is 0.264 e. The van der Waals surface area contributed by atoms with Gasteiger partial charge in [-0.3, -0.25) is 53.9 Å². The van der Waals surface area contributed by atoms with Gasteiger partial charge in [0, 0.05) is 71.6 Å². The summed E-state index contributed by atoms with van der Waals surface area (Å²) < 4.78 is 33.2. The van der Waals surface area contributed by atoms with Gasteiger partial charge in [-0.05, 0) is 111 Å². The number of carbonyl (C=O) groups is 8. The summed E-state index contributed by atoms with van der Waals surface area (Å²) in [5.74, 6) is -4.97. The van der Waals surface area contributed by atoms with Crippen LogP contribution in [0.4, 0.5) is 21.5 Å². The quantitative estimate of drug-likeness (QED) is 0.0254. The van der Waals surface area contributed by atoms with Gasteiger partial charge in [-0.25, -0.2) is 4.39 Å². The molecule has 4 aromatic carbocycles. The fraction of sp³-hybridized carbons (Fsp3) is 0.439. The van der Waals surface area contributed by atoms with Crippen molar-refractivity contribution in [3.05, 3.63) is 123 Å². The van der Waals surface area contributed by atoms with Gasteiger partial charge in [0.1, 0.15) is 17.3 Å². The lowest BCUT2D eigenvalue weighted by Gasteiger charge is -2.47. The van der Waals surface area contributed by atoms with Crippen LogP contribution >= 0.6 is 23.2 Å². The molecule has 4 atom stereocenters. The van der Waals surface area contributed by atoms with Crippen LogP contribution in [0.5, 0.6) is 0 Å². The number of carbonyl (C=O) groups excluding carboxylic acids is 8. The molecule has 3 fully saturated rings. The van der Waals surface area contributed by atoms with Gasteiger partial charge in [-0.1, -0.05) is 66.7 Å². The van der Waals surface area contributed by atoms with Crippen molar-refractivity contribution < 1.29 is 57.0 Å².